The van der Waals surface area contributed by atoms with Gasteiger partial charge in [0.15, 0.2) is 0 Å². The van der Waals surface area contributed by atoms with Crippen LogP contribution >= 0.6 is 0 Å². The summed E-state index contributed by atoms with van der Waals surface area (Å²) in [6, 6.07) is 8.15. The largest absolute Gasteiger partial charge is 0.368 e. The van der Waals surface area contributed by atoms with E-state index >= 15 is 0 Å². The number of aryl methyl sites for hydroxylation is 1. The minimum Gasteiger partial charge on any atom is -0.368 e. The topological polar surface area (TPSA) is 58.4 Å². The second kappa shape index (κ2) is 7.41. The summed E-state index contributed by atoms with van der Waals surface area (Å²) in [6.45, 7) is 5.69. The minimum absolute atomic E-state index is 0.317. The molecule has 1 atom stereocenters. The van der Waals surface area contributed by atoms with E-state index in [4.69, 9.17) is 5.73 Å². The summed E-state index contributed by atoms with van der Waals surface area (Å²) in [6.07, 6.45) is 1.63. The Kier molecular flexibility index (Phi) is 6.17. The molecule has 1 aromatic carbocycles. The lowest BCUT2D eigenvalue weighted by Crippen LogP contribution is -2.53. The van der Waals surface area contributed by atoms with E-state index in [1.54, 1.807) is 0 Å². The van der Waals surface area contributed by atoms with Gasteiger partial charge in [0.25, 0.3) is 0 Å². The van der Waals surface area contributed by atoms with Crippen LogP contribution in [0.25, 0.3) is 0 Å². The van der Waals surface area contributed by atoms with Gasteiger partial charge in [-0.1, -0.05) is 38.1 Å². The Morgan fingerprint density at radius 3 is 2.25 bits per heavy atom. The van der Waals surface area contributed by atoms with Gasteiger partial charge in [-0.2, -0.15) is 0 Å². The summed E-state index contributed by atoms with van der Waals surface area (Å²) >= 11 is 0. The zero-order valence-corrected chi connectivity index (χ0v) is 13.1. The number of rotatable bonds is 8. The summed E-state index contributed by atoms with van der Waals surface area (Å²) in [4.78, 5) is 14.1. The van der Waals surface area contributed by atoms with Crippen LogP contribution in [0, 0.1) is 0 Å². The molecule has 0 saturated heterocycles. The molecule has 1 rings (SSSR count). The van der Waals surface area contributed by atoms with Crippen LogP contribution in [-0.2, 0) is 16.8 Å². The Bertz CT molecular complexity index is 428. The number of nitrogens with two attached hydrogens (primary N) is 1. The lowest BCUT2D eigenvalue weighted by atomic mass is 9.85. The summed E-state index contributed by atoms with van der Waals surface area (Å²) in [5.74, 6) is -0.317. The summed E-state index contributed by atoms with van der Waals surface area (Å²) in [5, 5.41) is 3.35. The predicted molar refractivity (Wildman–Crippen MR) is 83.5 cm³/mol. The first-order chi connectivity index (χ1) is 9.46. The maximum Gasteiger partial charge on any atom is 0.242 e. The second-order valence-electron chi connectivity index (χ2n) is 5.40. The Morgan fingerprint density at radius 2 is 1.85 bits per heavy atom. The van der Waals surface area contributed by atoms with Crippen LogP contribution in [-0.4, -0.2) is 38.0 Å². The van der Waals surface area contributed by atoms with E-state index in [1.807, 2.05) is 33.2 Å². The number of hydrogen-bond donors (Lipinski definition) is 2. The van der Waals surface area contributed by atoms with Gasteiger partial charge in [-0.05, 0) is 38.1 Å². The molecule has 4 nitrogen and oxygen atoms in total. The van der Waals surface area contributed by atoms with Gasteiger partial charge in [0, 0.05) is 13.1 Å². The number of nitrogens with one attached hydrogen (secondary N) is 1. The van der Waals surface area contributed by atoms with Gasteiger partial charge in [-0.25, -0.2) is 0 Å². The van der Waals surface area contributed by atoms with Crippen molar-refractivity contribution in [2.75, 3.05) is 27.2 Å². The van der Waals surface area contributed by atoms with Gasteiger partial charge in [0.2, 0.25) is 5.91 Å². The number of nitrogens with zero attached hydrogens (tertiary/aromatic N) is 1. The van der Waals surface area contributed by atoms with E-state index in [1.165, 1.54) is 5.56 Å². The molecule has 1 unspecified atom stereocenters. The fourth-order valence-electron chi connectivity index (χ4n) is 2.35. The molecule has 0 saturated carbocycles. The third kappa shape index (κ3) is 3.81. The van der Waals surface area contributed by atoms with Gasteiger partial charge in [0.05, 0.1) is 0 Å². The normalized spacial score (nSPS) is 14.2. The fourth-order valence-corrected chi connectivity index (χ4v) is 2.35. The standard InChI is InChI=1S/C16H27N3O/c1-5-13-7-9-14(10-8-13)16(6-2,15(17)20)18-11-12-19(3)4/h7-10,18H,5-6,11-12H2,1-4H3,(H2,17,20). The van der Waals surface area contributed by atoms with Crippen LogP contribution in [0.15, 0.2) is 24.3 Å². The van der Waals surface area contributed by atoms with Crippen LogP contribution in [0.2, 0.25) is 0 Å². The molecule has 0 aromatic heterocycles. The van der Waals surface area contributed by atoms with Gasteiger partial charge < -0.3 is 10.6 Å². The Labute approximate surface area is 122 Å². The van der Waals surface area contributed by atoms with Crippen LogP contribution in [0.5, 0.6) is 0 Å². The van der Waals surface area contributed by atoms with Crippen molar-refractivity contribution in [3.63, 3.8) is 0 Å². The molecule has 0 fully saturated rings. The molecule has 0 heterocycles. The first-order valence-electron chi connectivity index (χ1n) is 7.25. The predicted octanol–water partition coefficient (Wildman–Crippen LogP) is 1.49. The first-order valence-corrected chi connectivity index (χ1v) is 7.25. The highest BCUT2D eigenvalue weighted by Gasteiger charge is 2.35. The fraction of sp³-hybridized carbons (Fsp3) is 0.562. The lowest BCUT2D eigenvalue weighted by Gasteiger charge is -2.32. The molecule has 0 aliphatic heterocycles. The molecule has 0 radical (unpaired) electrons. The number of amides is 1. The van der Waals surface area contributed by atoms with E-state index in [0.717, 1.165) is 25.1 Å². The maximum atomic E-state index is 12.0. The van der Waals surface area contributed by atoms with Crippen LogP contribution in [0.3, 0.4) is 0 Å². The first kappa shape index (κ1) is 16.7. The van der Waals surface area contributed by atoms with E-state index in [-0.39, 0.29) is 5.91 Å². The van der Waals surface area contributed by atoms with Crippen molar-refractivity contribution >= 4 is 5.91 Å². The minimum atomic E-state index is -0.776. The number of hydrogen-bond acceptors (Lipinski definition) is 3. The van der Waals surface area contributed by atoms with E-state index < -0.39 is 5.54 Å². The van der Waals surface area contributed by atoms with Crippen LogP contribution < -0.4 is 11.1 Å². The second-order valence-corrected chi connectivity index (χ2v) is 5.40. The number of benzene rings is 1. The highest BCUT2D eigenvalue weighted by atomic mass is 16.1. The van der Waals surface area contributed by atoms with Gasteiger partial charge in [-0.15, -0.1) is 0 Å². The number of likely N-dealkylation sites (N-methyl/N-ethyl adjacent to an activating group) is 1. The van der Waals surface area contributed by atoms with Crippen molar-refractivity contribution in [3.05, 3.63) is 35.4 Å². The third-order valence-electron chi connectivity index (χ3n) is 3.79. The van der Waals surface area contributed by atoms with Crippen molar-refractivity contribution in [1.29, 1.82) is 0 Å². The number of carbonyl (C=O) groups is 1. The highest BCUT2D eigenvalue weighted by Crippen LogP contribution is 2.25. The smallest absolute Gasteiger partial charge is 0.242 e. The average molecular weight is 277 g/mol. The zero-order valence-electron chi connectivity index (χ0n) is 13.1. The molecule has 3 N–H and O–H groups in total. The third-order valence-corrected chi connectivity index (χ3v) is 3.79. The average Bonchev–Trinajstić information content (AvgIpc) is 2.43. The summed E-state index contributed by atoms with van der Waals surface area (Å²) < 4.78 is 0. The van der Waals surface area contributed by atoms with Crippen molar-refractivity contribution in [3.8, 4) is 0 Å². The van der Waals surface area contributed by atoms with E-state index in [0.29, 0.717) is 6.42 Å². The molecule has 20 heavy (non-hydrogen) atoms. The molecule has 0 bridgehead atoms. The maximum absolute atomic E-state index is 12.0. The summed E-state index contributed by atoms with van der Waals surface area (Å²) in [5.41, 5.74) is 7.12. The van der Waals surface area contributed by atoms with Gasteiger partial charge in [0.1, 0.15) is 5.54 Å². The molecule has 1 amide bonds. The molecular weight excluding hydrogens is 250 g/mol. The van der Waals surface area contributed by atoms with Gasteiger partial charge in [-0.3, -0.25) is 10.1 Å². The molecule has 0 aliphatic rings. The van der Waals surface area contributed by atoms with Crippen molar-refractivity contribution < 1.29 is 4.79 Å². The SMILES string of the molecule is CCc1ccc(C(CC)(NCCN(C)C)C(N)=O)cc1. The number of carbonyl (C=O) groups excluding carboxylic acids is 1. The van der Waals surface area contributed by atoms with E-state index in [2.05, 4.69) is 29.3 Å². The molecular formula is C16H27N3O. The Hall–Kier alpha value is -1.39. The quantitative estimate of drug-likeness (QED) is 0.757. The lowest BCUT2D eigenvalue weighted by molar-refractivity contribution is -0.125. The van der Waals surface area contributed by atoms with Crippen molar-refractivity contribution in [1.82, 2.24) is 10.2 Å². The molecule has 112 valence electrons. The van der Waals surface area contributed by atoms with Gasteiger partial charge >= 0.3 is 0 Å². The highest BCUT2D eigenvalue weighted by molar-refractivity contribution is 5.86. The number of primary amides is 1. The molecule has 0 aliphatic carbocycles. The summed E-state index contributed by atoms with van der Waals surface area (Å²) in [7, 11) is 4.02. The Morgan fingerprint density at radius 1 is 1.25 bits per heavy atom. The zero-order chi connectivity index (χ0) is 15.2. The molecule has 4 heteroatoms. The van der Waals surface area contributed by atoms with E-state index in [9.17, 15) is 4.79 Å². The van der Waals surface area contributed by atoms with Crippen LogP contribution in [0.4, 0.5) is 0 Å². The Balaban J connectivity index is 2.99. The molecule has 0 spiro atoms. The molecule has 1 aromatic rings. The monoisotopic (exact) mass is 277 g/mol. The van der Waals surface area contributed by atoms with Crippen molar-refractivity contribution in [2.45, 2.75) is 32.2 Å². The van der Waals surface area contributed by atoms with Crippen LogP contribution in [0.1, 0.15) is 31.4 Å². The van der Waals surface area contributed by atoms with Crippen molar-refractivity contribution in [2.24, 2.45) is 5.73 Å².